The number of nitrogens with one attached hydrogen (secondary N) is 1. The van der Waals surface area contributed by atoms with Gasteiger partial charge >= 0.3 is 5.97 Å². The number of para-hydroxylation sites is 2. The summed E-state index contributed by atoms with van der Waals surface area (Å²) >= 11 is 0. The maximum Gasteiger partial charge on any atom is 0.337 e. The number of carbonyl (C=O) groups is 2. The van der Waals surface area contributed by atoms with E-state index in [1.165, 1.54) is 7.11 Å². The van der Waals surface area contributed by atoms with E-state index in [1.54, 1.807) is 12.1 Å². The van der Waals surface area contributed by atoms with Gasteiger partial charge < -0.3 is 10.1 Å². The highest BCUT2D eigenvalue weighted by molar-refractivity contribution is 6.12. The minimum atomic E-state index is -0.404. The molecule has 30 heavy (non-hydrogen) atoms. The molecular weight excluding hydrogens is 376 g/mol. The van der Waals surface area contributed by atoms with E-state index in [-0.39, 0.29) is 17.8 Å². The quantitative estimate of drug-likeness (QED) is 0.599. The molecule has 0 spiro atoms. The van der Waals surface area contributed by atoms with Crippen LogP contribution < -0.4 is 10.2 Å². The van der Waals surface area contributed by atoms with Crippen molar-refractivity contribution in [2.75, 3.05) is 17.3 Å². The van der Waals surface area contributed by atoms with Crippen LogP contribution in [0.1, 0.15) is 57.8 Å². The predicted octanol–water partition coefficient (Wildman–Crippen LogP) is 5.37. The van der Waals surface area contributed by atoms with Gasteiger partial charge in [-0.2, -0.15) is 0 Å². The molecule has 0 aromatic heterocycles. The highest BCUT2D eigenvalue weighted by Crippen LogP contribution is 2.39. The first-order valence-electron chi connectivity index (χ1n) is 9.97. The van der Waals surface area contributed by atoms with Crippen molar-refractivity contribution in [2.24, 2.45) is 0 Å². The number of benzene rings is 3. The summed E-state index contributed by atoms with van der Waals surface area (Å²) < 4.78 is 4.80. The smallest absolute Gasteiger partial charge is 0.337 e. The molecule has 1 N–H and O–H groups in total. The lowest BCUT2D eigenvalue weighted by Gasteiger charge is -2.39. The minimum absolute atomic E-state index is 0.0560. The lowest BCUT2D eigenvalue weighted by atomic mass is 9.96. The second-order valence-corrected chi connectivity index (χ2v) is 7.59. The van der Waals surface area contributed by atoms with Gasteiger partial charge in [0.2, 0.25) is 0 Å². The van der Waals surface area contributed by atoms with Crippen LogP contribution in [0.15, 0.2) is 72.8 Å². The van der Waals surface area contributed by atoms with Crippen molar-refractivity contribution in [3.63, 3.8) is 0 Å². The first-order chi connectivity index (χ1) is 14.5. The van der Waals surface area contributed by atoms with Gasteiger partial charge in [-0.05, 0) is 47.4 Å². The van der Waals surface area contributed by atoms with E-state index in [0.717, 1.165) is 22.5 Å². The third-order valence-corrected chi connectivity index (χ3v) is 5.39. The molecule has 5 nitrogen and oxygen atoms in total. The summed E-state index contributed by atoms with van der Waals surface area (Å²) in [7, 11) is 1.36. The molecular formula is C25H24N2O3. The highest BCUT2D eigenvalue weighted by Gasteiger charge is 2.35. The van der Waals surface area contributed by atoms with Gasteiger partial charge in [0.15, 0.2) is 0 Å². The maximum atomic E-state index is 13.6. The number of hydrogen-bond acceptors (Lipinski definition) is 4. The summed E-state index contributed by atoms with van der Waals surface area (Å²) in [5.41, 5.74) is 4.76. The Labute approximate surface area is 176 Å². The Bertz CT molecular complexity index is 1090. The zero-order valence-electron chi connectivity index (χ0n) is 17.3. The van der Waals surface area contributed by atoms with Gasteiger partial charge in [0.1, 0.15) is 6.17 Å². The molecule has 152 valence electrons. The molecule has 0 saturated carbocycles. The molecule has 0 aliphatic carbocycles. The SMILES string of the molecule is COC(=O)c1ccc([C@@H]2Nc3ccccc3C(=O)N2c2ccccc2C(C)C)cc1. The standard InChI is InChI=1S/C25H24N2O3/c1-16(2)19-8-5-7-11-22(19)27-23(17-12-14-18(15-13-17)25(29)30-3)26-21-10-6-4-9-20(21)24(27)28/h4-16,23,26H,1-3H3/t23-/m1/s1. The van der Waals surface area contributed by atoms with Crippen LogP contribution in [0.5, 0.6) is 0 Å². The summed E-state index contributed by atoms with van der Waals surface area (Å²) in [5.74, 6) is -0.186. The average molecular weight is 400 g/mol. The Morgan fingerprint density at radius 3 is 2.33 bits per heavy atom. The van der Waals surface area contributed by atoms with E-state index in [0.29, 0.717) is 11.1 Å². The van der Waals surface area contributed by atoms with E-state index < -0.39 is 6.17 Å². The van der Waals surface area contributed by atoms with Crippen LogP contribution in [-0.2, 0) is 4.74 Å². The number of methoxy groups -OCH3 is 1. The second kappa shape index (κ2) is 8.03. The van der Waals surface area contributed by atoms with Gasteiger partial charge in [-0.25, -0.2) is 4.79 Å². The van der Waals surface area contributed by atoms with E-state index in [1.807, 2.05) is 59.5 Å². The summed E-state index contributed by atoms with van der Waals surface area (Å²) in [5, 5.41) is 3.51. The number of fused-ring (bicyclic) bond motifs is 1. The topological polar surface area (TPSA) is 58.6 Å². The van der Waals surface area contributed by atoms with E-state index in [4.69, 9.17) is 4.74 Å². The van der Waals surface area contributed by atoms with Crippen LogP contribution >= 0.6 is 0 Å². The van der Waals surface area contributed by atoms with Gasteiger partial charge in [0.05, 0.1) is 18.2 Å². The van der Waals surface area contributed by atoms with E-state index >= 15 is 0 Å². The minimum Gasteiger partial charge on any atom is -0.465 e. The number of amides is 1. The normalized spacial score (nSPS) is 15.5. The zero-order chi connectivity index (χ0) is 21.3. The molecule has 3 aromatic carbocycles. The summed E-state index contributed by atoms with van der Waals surface area (Å²) in [4.78, 5) is 27.2. The van der Waals surface area contributed by atoms with E-state index in [9.17, 15) is 9.59 Å². The fourth-order valence-corrected chi connectivity index (χ4v) is 3.85. The molecule has 1 heterocycles. The van der Waals surface area contributed by atoms with Crippen LogP contribution in [0.3, 0.4) is 0 Å². The molecule has 1 aliphatic rings. The molecule has 5 heteroatoms. The lowest BCUT2D eigenvalue weighted by molar-refractivity contribution is 0.0600. The molecule has 1 amide bonds. The third-order valence-electron chi connectivity index (χ3n) is 5.39. The molecule has 0 unspecified atom stereocenters. The van der Waals surface area contributed by atoms with Crippen molar-refractivity contribution in [1.82, 2.24) is 0 Å². The van der Waals surface area contributed by atoms with Crippen LogP contribution in [0.2, 0.25) is 0 Å². The van der Waals surface area contributed by atoms with Crippen LogP contribution in [-0.4, -0.2) is 19.0 Å². The Morgan fingerprint density at radius 2 is 1.63 bits per heavy atom. The summed E-state index contributed by atoms with van der Waals surface area (Å²) in [6.45, 7) is 4.24. The molecule has 3 aromatic rings. The van der Waals surface area contributed by atoms with Crippen LogP contribution in [0.4, 0.5) is 11.4 Å². The number of rotatable bonds is 4. The number of hydrogen-bond donors (Lipinski definition) is 1. The number of anilines is 2. The first-order valence-corrected chi connectivity index (χ1v) is 9.97. The van der Waals surface area contributed by atoms with Crippen molar-refractivity contribution >= 4 is 23.3 Å². The molecule has 1 atom stereocenters. The number of carbonyl (C=O) groups excluding carboxylic acids is 2. The Balaban J connectivity index is 1.85. The van der Waals surface area contributed by atoms with Crippen molar-refractivity contribution < 1.29 is 14.3 Å². The van der Waals surface area contributed by atoms with Crippen molar-refractivity contribution in [1.29, 1.82) is 0 Å². The van der Waals surface area contributed by atoms with Gasteiger partial charge in [0.25, 0.3) is 5.91 Å². The fourth-order valence-electron chi connectivity index (χ4n) is 3.85. The largest absolute Gasteiger partial charge is 0.465 e. The monoisotopic (exact) mass is 400 g/mol. The number of esters is 1. The molecule has 0 saturated heterocycles. The molecule has 4 rings (SSSR count). The Morgan fingerprint density at radius 1 is 0.967 bits per heavy atom. The Hall–Kier alpha value is -3.60. The molecule has 0 bridgehead atoms. The molecule has 1 aliphatic heterocycles. The predicted molar refractivity (Wildman–Crippen MR) is 118 cm³/mol. The Kier molecular flexibility index (Phi) is 5.27. The average Bonchev–Trinajstić information content (AvgIpc) is 2.78. The van der Waals surface area contributed by atoms with Gasteiger partial charge in [-0.3, -0.25) is 9.69 Å². The highest BCUT2D eigenvalue weighted by atomic mass is 16.5. The second-order valence-electron chi connectivity index (χ2n) is 7.59. The zero-order valence-corrected chi connectivity index (χ0v) is 17.3. The van der Waals surface area contributed by atoms with Crippen LogP contribution in [0, 0.1) is 0 Å². The fraction of sp³-hybridized carbons (Fsp3) is 0.200. The summed E-state index contributed by atoms with van der Waals surface area (Å²) in [6, 6.07) is 22.7. The van der Waals surface area contributed by atoms with Crippen molar-refractivity contribution in [3.8, 4) is 0 Å². The van der Waals surface area contributed by atoms with Gasteiger partial charge in [-0.1, -0.05) is 56.3 Å². The third kappa shape index (κ3) is 3.43. The molecule has 0 fully saturated rings. The van der Waals surface area contributed by atoms with Gasteiger partial charge in [0, 0.05) is 11.4 Å². The van der Waals surface area contributed by atoms with Gasteiger partial charge in [-0.15, -0.1) is 0 Å². The van der Waals surface area contributed by atoms with Crippen molar-refractivity contribution in [2.45, 2.75) is 25.9 Å². The number of nitrogens with zero attached hydrogens (tertiary/aromatic N) is 1. The first kappa shape index (κ1) is 19.7. The van der Waals surface area contributed by atoms with Crippen LogP contribution in [0.25, 0.3) is 0 Å². The number of ether oxygens (including phenoxy) is 1. The van der Waals surface area contributed by atoms with Crippen molar-refractivity contribution in [3.05, 3.63) is 95.1 Å². The lowest BCUT2D eigenvalue weighted by Crippen LogP contribution is -2.43. The maximum absolute atomic E-state index is 13.6. The molecule has 0 radical (unpaired) electrons. The summed E-state index contributed by atoms with van der Waals surface area (Å²) in [6.07, 6.45) is -0.404. The van der Waals surface area contributed by atoms with E-state index in [2.05, 4.69) is 25.2 Å².